The number of amides is 1. The van der Waals surface area contributed by atoms with Crippen molar-refractivity contribution in [3.8, 4) is 0 Å². The van der Waals surface area contributed by atoms with Crippen LogP contribution in [0.5, 0.6) is 0 Å². The molecule has 6 N–H and O–H groups in total. The molecule has 0 radical (unpaired) electrons. The Morgan fingerprint density at radius 3 is 2.43 bits per heavy atom. The second kappa shape index (κ2) is 3.44. The zero-order valence-corrected chi connectivity index (χ0v) is 7.00. The number of nitrogen functional groups attached to an aromatic ring is 2. The molecule has 0 fully saturated rings. The maximum atomic E-state index is 12.4. The van der Waals surface area contributed by atoms with Crippen LogP contribution in [0, 0.1) is 0 Å². The Bertz CT molecular complexity index is 380. The second-order valence-corrected chi connectivity index (χ2v) is 2.56. The van der Waals surface area contributed by atoms with E-state index in [4.69, 9.17) is 17.2 Å². The first-order valence-electron chi connectivity index (χ1n) is 3.57. The lowest BCUT2D eigenvalue weighted by atomic mass is 10.1. The maximum absolute atomic E-state index is 12.4. The minimum absolute atomic E-state index is 0.124. The van der Waals surface area contributed by atoms with Crippen molar-refractivity contribution < 1.29 is 13.6 Å². The van der Waals surface area contributed by atoms with Crippen molar-refractivity contribution in [2.45, 2.75) is 6.43 Å². The van der Waals surface area contributed by atoms with Crippen LogP contribution in [0.2, 0.25) is 0 Å². The number of nitrogens with two attached hydrogens (primary N) is 3. The standard InChI is InChI=1S/C7H8F2N4O/c8-6(9)4-2(10)1-3(11)13-5(4)7(12)14/h1,6H,(H2,12,14)(H4,10,11,13). The normalized spacial score (nSPS) is 10.5. The highest BCUT2D eigenvalue weighted by Gasteiger charge is 2.21. The first-order chi connectivity index (χ1) is 6.43. The molecule has 14 heavy (non-hydrogen) atoms. The summed E-state index contributed by atoms with van der Waals surface area (Å²) in [7, 11) is 0. The van der Waals surface area contributed by atoms with Gasteiger partial charge in [0.1, 0.15) is 11.5 Å². The molecule has 0 aromatic carbocycles. The highest BCUT2D eigenvalue weighted by molar-refractivity contribution is 5.94. The van der Waals surface area contributed by atoms with E-state index in [1.807, 2.05) is 0 Å². The number of nitrogens with zero attached hydrogens (tertiary/aromatic N) is 1. The quantitative estimate of drug-likeness (QED) is 0.640. The summed E-state index contributed by atoms with van der Waals surface area (Å²) in [5, 5.41) is 0. The van der Waals surface area contributed by atoms with E-state index in [9.17, 15) is 13.6 Å². The van der Waals surface area contributed by atoms with Crippen LogP contribution in [-0.4, -0.2) is 10.9 Å². The van der Waals surface area contributed by atoms with Gasteiger partial charge < -0.3 is 17.2 Å². The Morgan fingerprint density at radius 2 is 2.00 bits per heavy atom. The molecule has 1 aromatic heterocycles. The number of anilines is 2. The van der Waals surface area contributed by atoms with Gasteiger partial charge in [-0.15, -0.1) is 0 Å². The monoisotopic (exact) mass is 202 g/mol. The summed E-state index contributed by atoms with van der Waals surface area (Å²) in [4.78, 5) is 14.1. The van der Waals surface area contributed by atoms with Gasteiger partial charge in [-0.05, 0) is 0 Å². The molecule has 0 aliphatic rings. The summed E-state index contributed by atoms with van der Waals surface area (Å²) >= 11 is 0. The van der Waals surface area contributed by atoms with Crippen LogP contribution in [0.4, 0.5) is 20.3 Å². The molecule has 1 heterocycles. The molecule has 7 heteroatoms. The highest BCUT2D eigenvalue weighted by Crippen LogP contribution is 2.28. The van der Waals surface area contributed by atoms with Crippen LogP contribution >= 0.6 is 0 Å². The lowest BCUT2D eigenvalue weighted by Gasteiger charge is -2.08. The number of pyridine rings is 1. The topological polar surface area (TPSA) is 108 Å². The third-order valence-corrected chi connectivity index (χ3v) is 1.56. The van der Waals surface area contributed by atoms with Gasteiger partial charge in [-0.1, -0.05) is 0 Å². The average molecular weight is 202 g/mol. The van der Waals surface area contributed by atoms with Gasteiger partial charge in [-0.25, -0.2) is 13.8 Å². The van der Waals surface area contributed by atoms with E-state index in [0.29, 0.717) is 0 Å². The molecule has 0 saturated heterocycles. The number of primary amides is 1. The van der Waals surface area contributed by atoms with Crippen molar-refractivity contribution in [2.24, 2.45) is 5.73 Å². The van der Waals surface area contributed by atoms with Crippen LogP contribution in [-0.2, 0) is 0 Å². The van der Waals surface area contributed by atoms with Crippen molar-refractivity contribution in [1.29, 1.82) is 0 Å². The van der Waals surface area contributed by atoms with Crippen molar-refractivity contribution in [2.75, 3.05) is 11.5 Å². The predicted octanol–water partition coefficient (Wildman–Crippen LogP) is 0.282. The molecule has 0 aliphatic carbocycles. The van der Waals surface area contributed by atoms with Crippen LogP contribution in [0.1, 0.15) is 22.5 Å². The smallest absolute Gasteiger partial charge is 0.268 e. The molecule has 0 saturated carbocycles. The summed E-state index contributed by atoms with van der Waals surface area (Å²) < 4.78 is 24.8. The van der Waals surface area contributed by atoms with Gasteiger partial charge in [-0.2, -0.15) is 0 Å². The Labute approximate surface area is 77.9 Å². The molecular weight excluding hydrogens is 194 g/mol. The summed E-state index contributed by atoms with van der Waals surface area (Å²) in [6, 6.07) is 1.05. The molecule has 5 nitrogen and oxygen atoms in total. The molecule has 1 amide bonds. The first-order valence-corrected chi connectivity index (χ1v) is 3.57. The Kier molecular flexibility index (Phi) is 2.50. The maximum Gasteiger partial charge on any atom is 0.268 e. The summed E-state index contributed by atoms with van der Waals surface area (Å²) in [6.45, 7) is 0. The van der Waals surface area contributed by atoms with Gasteiger partial charge in [0, 0.05) is 11.8 Å². The van der Waals surface area contributed by atoms with E-state index in [-0.39, 0.29) is 11.5 Å². The molecule has 76 valence electrons. The number of hydrogen-bond acceptors (Lipinski definition) is 4. The number of carbonyl (C=O) groups excluding carboxylic acids is 1. The van der Waals surface area contributed by atoms with Crippen molar-refractivity contribution >= 4 is 17.4 Å². The van der Waals surface area contributed by atoms with Crippen LogP contribution in [0.25, 0.3) is 0 Å². The van der Waals surface area contributed by atoms with Crippen LogP contribution in [0.15, 0.2) is 6.07 Å². The van der Waals surface area contributed by atoms with Gasteiger partial charge >= 0.3 is 0 Å². The van der Waals surface area contributed by atoms with Gasteiger partial charge in [-0.3, -0.25) is 4.79 Å². The Morgan fingerprint density at radius 1 is 1.43 bits per heavy atom. The fourth-order valence-corrected chi connectivity index (χ4v) is 1.01. The Hall–Kier alpha value is -1.92. The SMILES string of the molecule is NC(=O)c1nc(N)cc(N)c1C(F)F. The number of rotatable bonds is 2. The predicted molar refractivity (Wildman–Crippen MR) is 46.5 cm³/mol. The average Bonchev–Trinajstić information content (AvgIpc) is 2.01. The van der Waals surface area contributed by atoms with E-state index in [1.54, 1.807) is 0 Å². The lowest BCUT2D eigenvalue weighted by Crippen LogP contribution is -2.18. The number of carbonyl (C=O) groups is 1. The zero-order chi connectivity index (χ0) is 10.9. The van der Waals surface area contributed by atoms with Crippen molar-refractivity contribution in [3.63, 3.8) is 0 Å². The number of aromatic nitrogens is 1. The van der Waals surface area contributed by atoms with E-state index in [1.165, 1.54) is 0 Å². The van der Waals surface area contributed by atoms with Crippen molar-refractivity contribution in [3.05, 3.63) is 17.3 Å². The molecular formula is C7H8F2N4O. The zero-order valence-electron chi connectivity index (χ0n) is 7.00. The second-order valence-electron chi connectivity index (χ2n) is 2.56. The number of hydrogen-bond donors (Lipinski definition) is 3. The molecule has 0 aliphatic heterocycles. The summed E-state index contributed by atoms with van der Waals surface area (Å²) in [6.07, 6.45) is -2.91. The molecule has 0 spiro atoms. The fraction of sp³-hybridized carbons (Fsp3) is 0.143. The summed E-state index contributed by atoms with van der Waals surface area (Å²) in [5.41, 5.74) is 13.8. The Balaban J connectivity index is 3.44. The number of halogens is 2. The number of alkyl halides is 2. The first kappa shape index (κ1) is 10.2. The molecule has 0 unspecified atom stereocenters. The van der Waals surface area contributed by atoms with Crippen LogP contribution in [0.3, 0.4) is 0 Å². The highest BCUT2D eigenvalue weighted by atomic mass is 19.3. The fourth-order valence-electron chi connectivity index (χ4n) is 1.01. The van der Waals surface area contributed by atoms with E-state index < -0.39 is 23.6 Å². The van der Waals surface area contributed by atoms with E-state index >= 15 is 0 Å². The largest absolute Gasteiger partial charge is 0.398 e. The molecule has 1 rings (SSSR count). The van der Waals surface area contributed by atoms with Gasteiger partial charge in [0.05, 0.1) is 5.56 Å². The van der Waals surface area contributed by atoms with E-state index in [0.717, 1.165) is 6.07 Å². The minimum atomic E-state index is -2.91. The third kappa shape index (κ3) is 1.70. The lowest BCUT2D eigenvalue weighted by molar-refractivity contribution is 0.0980. The van der Waals surface area contributed by atoms with Gasteiger partial charge in [0.15, 0.2) is 0 Å². The third-order valence-electron chi connectivity index (χ3n) is 1.56. The molecule has 0 atom stereocenters. The molecule has 0 bridgehead atoms. The van der Waals surface area contributed by atoms with Crippen LogP contribution < -0.4 is 17.2 Å². The van der Waals surface area contributed by atoms with Gasteiger partial charge in [0.25, 0.3) is 12.3 Å². The van der Waals surface area contributed by atoms with Crippen molar-refractivity contribution in [1.82, 2.24) is 4.98 Å². The summed E-state index contributed by atoms with van der Waals surface area (Å²) in [5.74, 6) is -1.21. The molecule has 1 aromatic rings. The minimum Gasteiger partial charge on any atom is -0.398 e. The van der Waals surface area contributed by atoms with Gasteiger partial charge in [0.2, 0.25) is 0 Å². The van der Waals surface area contributed by atoms with E-state index in [2.05, 4.69) is 4.98 Å².